The summed E-state index contributed by atoms with van der Waals surface area (Å²) in [5.41, 5.74) is 5.37. The minimum atomic E-state index is -0.337. The van der Waals surface area contributed by atoms with E-state index in [1.807, 2.05) is 13.8 Å². The summed E-state index contributed by atoms with van der Waals surface area (Å²) in [7, 11) is 0. The van der Waals surface area contributed by atoms with Crippen molar-refractivity contribution in [2.75, 3.05) is 6.54 Å². The number of carbonyl (C=O) groups excluding carboxylic acids is 1. The highest BCUT2D eigenvalue weighted by Crippen LogP contribution is 2.00. The average molecular weight is 224 g/mol. The number of nitrogens with one attached hydrogen (secondary N) is 2. The second kappa shape index (κ2) is 5.41. The third kappa shape index (κ3) is 3.16. The molecule has 0 aliphatic rings. The Kier molecular flexibility index (Phi) is 4.19. The zero-order valence-electron chi connectivity index (χ0n) is 9.36. The van der Waals surface area contributed by atoms with Crippen molar-refractivity contribution in [1.29, 1.82) is 0 Å². The molecule has 1 heterocycles. The molecule has 0 spiro atoms. The van der Waals surface area contributed by atoms with Gasteiger partial charge in [0.05, 0.1) is 6.20 Å². The number of rotatable bonds is 4. The second-order valence-corrected chi connectivity index (χ2v) is 3.86. The van der Waals surface area contributed by atoms with E-state index in [-0.39, 0.29) is 29.1 Å². The minimum Gasteiger partial charge on any atom is -0.346 e. The van der Waals surface area contributed by atoms with E-state index in [9.17, 15) is 9.59 Å². The molecule has 0 saturated heterocycles. The molecule has 0 fully saturated rings. The summed E-state index contributed by atoms with van der Waals surface area (Å²) in [6, 6.07) is -0.0961. The molecular formula is C10H16N4O2. The monoisotopic (exact) mass is 224 g/mol. The highest BCUT2D eigenvalue weighted by Gasteiger charge is 2.16. The Morgan fingerprint density at radius 3 is 2.75 bits per heavy atom. The van der Waals surface area contributed by atoms with Crippen LogP contribution in [0.15, 0.2) is 17.2 Å². The fourth-order valence-corrected chi connectivity index (χ4v) is 1.21. The van der Waals surface area contributed by atoms with E-state index in [4.69, 9.17) is 5.73 Å². The molecule has 88 valence electrons. The topological polar surface area (TPSA) is 101 Å². The molecule has 1 atom stereocenters. The van der Waals surface area contributed by atoms with Crippen molar-refractivity contribution >= 4 is 5.91 Å². The highest BCUT2D eigenvalue weighted by atomic mass is 16.2. The van der Waals surface area contributed by atoms with Gasteiger partial charge in [0.1, 0.15) is 5.69 Å². The summed E-state index contributed by atoms with van der Waals surface area (Å²) in [5.74, 6) is -0.0860. The molecule has 1 aromatic heterocycles. The largest absolute Gasteiger partial charge is 0.346 e. The van der Waals surface area contributed by atoms with Gasteiger partial charge in [0, 0.05) is 18.8 Å². The van der Waals surface area contributed by atoms with E-state index in [1.165, 1.54) is 6.20 Å². The summed E-state index contributed by atoms with van der Waals surface area (Å²) < 4.78 is 0. The van der Waals surface area contributed by atoms with Gasteiger partial charge in [-0.25, -0.2) is 4.98 Å². The predicted octanol–water partition coefficient (Wildman–Crippen LogP) is -0.517. The zero-order chi connectivity index (χ0) is 12.1. The van der Waals surface area contributed by atoms with Crippen LogP contribution in [0.5, 0.6) is 0 Å². The van der Waals surface area contributed by atoms with Gasteiger partial charge in [-0.1, -0.05) is 13.8 Å². The van der Waals surface area contributed by atoms with Crippen LogP contribution in [0.1, 0.15) is 24.3 Å². The molecule has 16 heavy (non-hydrogen) atoms. The third-order valence-corrected chi connectivity index (χ3v) is 2.28. The van der Waals surface area contributed by atoms with Gasteiger partial charge in [0.25, 0.3) is 11.5 Å². The van der Waals surface area contributed by atoms with Crippen LogP contribution in [0.3, 0.4) is 0 Å². The number of H-pyrrole nitrogens is 1. The first-order chi connectivity index (χ1) is 7.54. The maximum Gasteiger partial charge on any atom is 0.271 e. The standard InChI is InChI=1S/C10H16N4O2/c1-6(2)7(3-11)14-10(16)8-4-13-9(15)5-12-8/h4-7H,3,11H2,1-2H3,(H,13,15)(H,14,16). The van der Waals surface area contributed by atoms with Crippen LogP contribution in [0, 0.1) is 5.92 Å². The maximum absolute atomic E-state index is 11.7. The first-order valence-electron chi connectivity index (χ1n) is 5.10. The van der Waals surface area contributed by atoms with Gasteiger partial charge in [-0.15, -0.1) is 0 Å². The van der Waals surface area contributed by atoms with Gasteiger partial charge in [0.2, 0.25) is 0 Å². The summed E-state index contributed by atoms with van der Waals surface area (Å²) in [4.78, 5) is 28.6. The lowest BCUT2D eigenvalue weighted by atomic mass is 10.0. The van der Waals surface area contributed by atoms with Crippen molar-refractivity contribution in [2.45, 2.75) is 19.9 Å². The van der Waals surface area contributed by atoms with Crippen LogP contribution >= 0.6 is 0 Å². The van der Waals surface area contributed by atoms with Crippen molar-refractivity contribution in [3.63, 3.8) is 0 Å². The van der Waals surface area contributed by atoms with Crippen LogP contribution < -0.4 is 16.6 Å². The molecular weight excluding hydrogens is 208 g/mol. The number of hydrogen-bond donors (Lipinski definition) is 3. The first kappa shape index (κ1) is 12.4. The number of hydrogen-bond acceptors (Lipinski definition) is 4. The molecule has 0 saturated carbocycles. The second-order valence-electron chi connectivity index (χ2n) is 3.86. The molecule has 0 aliphatic carbocycles. The van der Waals surface area contributed by atoms with Crippen LogP contribution in [-0.4, -0.2) is 28.5 Å². The minimum absolute atomic E-state index is 0.0961. The Balaban J connectivity index is 2.71. The lowest BCUT2D eigenvalue weighted by Gasteiger charge is -2.19. The molecule has 1 unspecified atom stereocenters. The van der Waals surface area contributed by atoms with Gasteiger partial charge in [-0.05, 0) is 5.92 Å². The average Bonchev–Trinajstić information content (AvgIpc) is 2.26. The Morgan fingerprint density at radius 1 is 1.62 bits per heavy atom. The van der Waals surface area contributed by atoms with Gasteiger partial charge in [-0.3, -0.25) is 9.59 Å². The molecule has 1 amide bonds. The SMILES string of the molecule is CC(C)C(CN)NC(=O)c1c[nH]c(=O)cn1. The fraction of sp³-hybridized carbons (Fsp3) is 0.500. The summed E-state index contributed by atoms with van der Waals surface area (Å²) in [6.07, 6.45) is 2.35. The van der Waals surface area contributed by atoms with Crippen LogP contribution in [0.2, 0.25) is 0 Å². The van der Waals surface area contributed by atoms with Crippen molar-refractivity contribution in [3.8, 4) is 0 Å². The number of nitrogens with zero attached hydrogens (tertiary/aromatic N) is 1. The fourth-order valence-electron chi connectivity index (χ4n) is 1.21. The summed E-state index contributed by atoms with van der Waals surface area (Å²) >= 11 is 0. The van der Waals surface area contributed by atoms with Crippen LogP contribution in [-0.2, 0) is 0 Å². The van der Waals surface area contributed by atoms with Crippen LogP contribution in [0.25, 0.3) is 0 Å². The van der Waals surface area contributed by atoms with Crippen molar-refractivity contribution in [2.24, 2.45) is 11.7 Å². The smallest absolute Gasteiger partial charge is 0.271 e. The van der Waals surface area contributed by atoms with Gasteiger partial charge in [-0.2, -0.15) is 0 Å². The molecule has 6 heteroatoms. The van der Waals surface area contributed by atoms with Crippen molar-refractivity contribution < 1.29 is 4.79 Å². The molecule has 0 radical (unpaired) electrons. The van der Waals surface area contributed by atoms with E-state index < -0.39 is 0 Å². The quantitative estimate of drug-likeness (QED) is 0.640. The molecule has 4 N–H and O–H groups in total. The molecule has 1 rings (SSSR count). The van der Waals surface area contributed by atoms with E-state index in [0.29, 0.717) is 6.54 Å². The van der Waals surface area contributed by atoms with E-state index in [0.717, 1.165) is 6.20 Å². The van der Waals surface area contributed by atoms with Gasteiger partial charge in [0.15, 0.2) is 0 Å². The summed E-state index contributed by atoms with van der Waals surface area (Å²) in [5, 5.41) is 2.75. The number of aromatic amines is 1. The molecule has 0 aromatic carbocycles. The van der Waals surface area contributed by atoms with E-state index in [2.05, 4.69) is 15.3 Å². The predicted molar refractivity (Wildman–Crippen MR) is 60.0 cm³/mol. The Labute approximate surface area is 93.3 Å². The highest BCUT2D eigenvalue weighted by molar-refractivity contribution is 5.92. The maximum atomic E-state index is 11.7. The lowest BCUT2D eigenvalue weighted by Crippen LogP contribution is -2.44. The zero-order valence-corrected chi connectivity index (χ0v) is 9.36. The molecule has 6 nitrogen and oxygen atoms in total. The molecule has 1 aromatic rings. The van der Waals surface area contributed by atoms with Crippen molar-refractivity contribution in [3.05, 3.63) is 28.4 Å². The Morgan fingerprint density at radius 2 is 2.31 bits per heavy atom. The Bertz CT molecular complexity index is 393. The van der Waals surface area contributed by atoms with Gasteiger partial charge < -0.3 is 16.0 Å². The van der Waals surface area contributed by atoms with Crippen LogP contribution in [0.4, 0.5) is 0 Å². The number of carbonyl (C=O) groups is 1. The first-order valence-corrected chi connectivity index (χ1v) is 5.10. The molecule has 0 aliphatic heterocycles. The van der Waals surface area contributed by atoms with Crippen molar-refractivity contribution in [1.82, 2.24) is 15.3 Å². The summed E-state index contributed by atoms with van der Waals surface area (Å²) in [6.45, 7) is 4.31. The number of nitrogens with two attached hydrogens (primary N) is 1. The van der Waals surface area contributed by atoms with Gasteiger partial charge >= 0.3 is 0 Å². The number of amides is 1. The van der Waals surface area contributed by atoms with E-state index in [1.54, 1.807) is 0 Å². The third-order valence-electron chi connectivity index (χ3n) is 2.28. The Hall–Kier alpha value is -1.69. The van der Waals surface area contributed by atoms with E-state index >= 15 is 0 Å². The normalized spacial score (nSPS) is 12.5. The lowest BCUT2D eigenvalue weighted by molar-refractivity contribution is 0.0922. The molecule has 0 bridgehead atoms. The number of aromatic nitrogens is 2.